The lowest BCUT2D eigenvalue weighted by Crippen LogP contribution is -1.96. The van der Waals surface area contributed by atoms with E-state index in [0.29, 0.717) is 30.1 Å². The first-order valence-electron chi connectivity index (χ1n) is 6.88. The number of phenolic OH excluding ortho intramolecular Hbond substituents is 2. The predicted molar refractivity (Wildman–Crippen MR) is 83.3 cm³/mol. The third kappa shape index (κ3) is 3.55. The highest BCUT2D eigenvalue weighted by Gasteiger charge is 2.12. The van der Waals surface area contributed by atoms with Crippen LogP contribution in [0.3, 0.4) is 0 Å². The smallest absolute Gasteiger partial charge is 0.203 e. The molecule has 0 heterocycles. The summed E-state index contributed by atoms with van der Waals surface area (Å²) in [6.45, 7) is 0. The van der Waals surface area contributed by atoms with Crippen LogP contribution in [0.5, 0.6) is 28.7 Å². The van der Waals surface area contributed by atoms with Crippen LogP contribution in [-0.4, -0.2) is 31.5 Å². The highest BCUT2D eigenvalue weighted by molar-refractivity contribution is 5.53. The van der Waals surface area contributed by atoms with Gasteiger partial charge in [-0.25, -0.2) is 0 Å². The van der Waals surface area contributed by atoms with Crippen LogP contribution < -0.4 is 14.2 Å². The zero-order valence-corrected chi connectivity index (χ0v) is 12.9. The maximum atomic E-state index is 9.96. The number of hydrogen-bond acceptors (Lipinski definition) is 5. The Kier molecular flexibility index (Phi) is 4.99. The molecule has 0 unspecified atom stereocenters. The second kappa shape index (κ2) is 6.93. The Morgan fingerprint density at radius 2 is 1.45 bits per heavy atom. The third-order valence-corrected chi connectivity index (χ3v) is 3.41. The Morgan fingerprint density at radius 1 is 0.773 bits per heavy atom. The Labute approximate surface area is 129 Å². The summed E-state index contributed by atoms with van der Waals surface area (Å²) in [5.41, 5.74) is 1.86. The van der Waals surface area contributed by atoms with E-state index in [2.05, 4.69) is 0 Å². The van der Waals surface area contributed by atoms with Gasteiger partial charge in [-0.3, -0.25) is 0 Å². The first kappa shape index (κ1) is 15.8. The zero-order chi connectivity index (χ0) is 16.1. The van der Waals surface area contributed by atoms with E-state index in [1.54, 1.807) is 25.3 Å². The fourth-order valence-corrected chi connectivity index (χ4v) is 2.34. The van der Waals surface area contributed by atoms with Crippen molar-refractivity contribution in [2.75, 3.05) is 21.3 Å². The van der Waals surface area contributed by atoms with Gasteiger partial charge in [0.25, 0.3) is 0 Å². The summed E-state index contributed by atoms with van der Waals surface area (Å²) in [6.07, 6.45) is 1.38. The van der Waals surface area contributed by atoms with E-state index in [1.807, 2.05) is 12.1 Å². The van der Waals surface area contributed by atoms with Gasteiger partial charge in [0.2, 0.25) is 5.75 Å². The van der Waals surface area contributed by atoms with Crippen LogP contribution in [0, 0.1) is 0 Å². The number of aromatic hydroxyl groups is 2. The molecule has 2 rings (SSSR count). The van der Waals surface area contributed by atoms with Gasteiger partial charge in [0, 0.05) is 6.07 Å². The molecule has 0 saturated carbocycles. The summed E-state index contributed by atoms with van der Waals surface area (Å²) in [7, 11) is 4.57. The van der Waals surface area contributed by atoms with Crippen LogP contribution in [0.2, 0.25) is 0 Å². The first-order valence-corrected chi connectivity index (χ1v) is 6.88. The van der Waals surface area contributed by atoms with E-state index in [4.69, 9.17) is 14.2 Å². The van der Waals surface area contributed by atoms with Gasteiger partial charge in [-0.2, -0.15) is 0 Å². The van der Waals surface area contributed by atoms with Crippen molar-refractivity contribution in [2.45, 2.75) is 12.8 Å². The molecule has 2 N–H and O–H groups in total. The molecule has 0 spiro atoms. The fourth-order valence-electron chi connectivity index (χ4n) is 2.34. The lowest BCUT2D eigenvalue weighted by atomic mass is 10.0. The van der Waals surface area contributed by atoms with Gasteiger partial charge in [-0.15, -0.1) is 0 Å². The number of phenols is 2. The molecule has 0 amide bonds. The van der Waals surface area contributed by atoms with Crippen molar-refractivity contribution in [1.29, 1.82) is 0 Å². The van der Waals surface area contributed by atoms with Crippen molar-refractivity contribution < 1.29 is 24.4 Å². The fraction of sp³-hybridized carbons (Fsp3) is 0.294. The molecule has 5 nitrogen and oxygen atoms in total. The number of methoxy groups -OCH3 is 3. The molecule has 118 valence electrons. The van der Waals surface area contributed by atoms with Gasteiger partial charge in [0.05, 0.1) is 21.3 Å². The minimum Gasteiger partial charge on any atom is -0.508 e. The minimum atomic E-state index is 0.0466. The largest absolute Gasteiger partial charge is 0.508 e. The lowest BCUT2D eigenvalue weighted by Gasteiger charge is -2.12. The summed E-state index contributed by atoms with van der Waals surface area (Å²) >= 11 is 0. The SMILES string of the molecule is COc1cc(O)cc(CCc2cc(O)c(OC)c(OC)c2)c1. The van der Waals surface area contributed by atoms with Crippen LogP contribution in [-0.2, 0) is 12.8 Å². The molecule has 2 aromatic rings. The van der Waals surface area contributed by atoms with Crippen molar-refractivity contribution in [3.05, 3.63) is 41.5 Å². The van der Waals surface area contributed by atoms with E-state index in [0.717, 1.165) is 11.1 Å². The van der Waals surface area contributed by atoms with E-state index in [-0.39, 0.29) is 11.5 Å². The number of aryl methyl sites for hydroxylation is 2. The van der Waals surface area contributed by atoms with Crippen molar-refractivity contribution in [2.24, 2.45) is 0 Å². The maximum absolute atomic E-state index is 9.96. The van der Waals surface area contributed by atoms with Crippen LogP contribution in [0.15, 0.2) is 30.3 Å². The average molecular weight is 304 g/mol. The normalized spacial score (nSPS) is 10.3. The van der Waals surface area contributed by atoms with Crippen molar-refractivity contribution in [1.82, 2.24) is 0 Å². The number of hydrogen-bond donors (Lipinski definition) is 2. The molecule has 22 heavy (non-hydrogen) atoms. The quantitative estimate of drug-likeness (QED) is 0.859. The molecule has 0 radical (unpaired) electrons. The van der Waals surface area contributed by atoms with Crippen LogP contribution in [0.25, 0.3) is 0 Å². The summed E-state index contributed by atoms with van der Waals surface area (Å²) < 4.78 is 15.5. The summed E-state index contributed by atoms with van der Waals surface area (Å²) in [4.78, 5) is 0. The summed E-state index contributed by atoms with van der Waals surface area (Å²) in [6, 6.07) is 8.62. The summed E-state index contributed by atoms with van der Waals surface area (Å²) in [5.74, 6) is 1.65. The molecular formula is C17H20O5. The van der Waals surface area contributed by atoms with E-state index in [9.17, 15) is 10.2 Å². The van der Waals surface area contributed by atoms with Gasteiger partial charge < -0.3 is 24.4 Å². The topological polar surface area (TPSA) is 68.2 Å². The molecule has 5 heteroatoms. The average Bonchev–Trinajstić information content (AvgIpc) is 2.51. The number of benzene rings is 2. The molecule has 0 fully saturated rings. The Balaban J connectivity index is 2.18. The second-order valence-electron chi connectivity index (χ2n) is 4.89. The van der Waals surface area contributed by atoms with Gasteiger partial charge in [0.1, 0.15) is 11.5 Å². The van der Waals surface area contributed by atoms with Gasteiger partial charge in [0.15, 0.2) is 11.5 Å². The molecule has 0 aliphatic rings. The minimum absolute atomic E-state index is 0.0466. The predicted octanol–water partition coefficient (Wildman–Crippen LogP) is 2.91. The molecule has 0 aliphatic heterocycles. The Morgan fingerprint density at radius 3 is 2.05 bits per heavy atom. The van der Waals surface area contributed by atoms with Crippen molar-refractivity contribution in [3.63, 3.8) is 0 Å². The summed E-state index contributed by atoms with van der Waals surface area (Å²) in [5, 5.41) is 19.6. The highest BCUT2D eigenvalue weighted by atomic mass is 16.5. The molecule has 0 bridgehead atoms. The van der Waals surface area contributed by atoms with Gasteiger partial charge >= 0.3 is 0 Å². The van der Waals surface area contributed by atoms with E-state index in [1.165, 1.54) is 14.2 Å². The first-order chi connectivity index (χ1) is 10.6. The van der Waals surface area contributed by atoms with Crippen molar-refractivity contribution >= 4 is 0 Å². The van der Waals surface area contributed by atoms with E-state index >= 15 is 0 Å². The molecule has 0 atom stereocenters. The van der Waals surface area contributed by atoms with Gasteiger partial charge in [-0.1, -0.05) is 0 Å². The Hall–Kier alpha value is -2.56. The standard InChI is InChI=1S/C17H20O5/c1-20-14-7-11(6-13(18)10-14)4-5-12-8-15(19)17(22-3)16(9-12)21-2/h6-10,18-19H,4-5H2,1-3H3. The Bertz CT molecular complexity index is 652. The van der Waals surface area contributed by atoms with E-state index < -0.39 is 0 Å². The second-order valence-corrected chi connectivity index (χ2v) is 4.89. The van der Waals surface area contributed by atoms with Crippen molar-refractivity contribution in [3.8, 4) is 28.7 Å². The third-order valence-electron chi connectivity index (χ3n) is 3.41. The van der Waals surface area contributed by atoms with Crippen LogP contribution in [0.4, 0.5) is 0 Å². The molecule has 2 aromatic carbocycles. The molecule has 0 aliphatic carbocycles. The van der Waals surface area contributed by atoms with Crippen LogP contribution in [0.1, 0.15) is 11.1 Å². The molecule has 0 aromatic heterocycles. The monoisotopic (exact) mass is 304 g/mol. The molecular weight excluding hydrogens is 284 g/mol. The van der Waals surface area contributed by atoms with Crippen LogP contribution >= 0.6 is 0 Å². The number of ether oxygens (including phenoxy) is 3. The molecule has 0 saturated heterocycles. The van der Waals surface area contributed by atoms with Gasteiger partial charge in [-0.05, 0) is 48.2 Å². The number of rotatable bonds is 6. The highest BCUT2D eigenvalue weighted by Crippen LogP contribution is 2.37. The maximum Gasteiger partial charge on any atom is 0.203 e. The lowest BCUT2D eigenvalue weighted by molar-refractivity contribution is 0.332. The zero-order valence-electron chi connectivity index (χ0n) is 12.9.